The lowest BCUT2D eigenvalue weighted by Crippen LogP contribution is -2.53. The number of nitrogens with one attached hydrogen (secondary N) is 1. The molecule has 1 heterocycles. The highest BCUT2D eigenvalue weighted by Crippen LogP contribution is 2.65. The minimum atomic E-state index is -1.05. The lowest BCUT2D eigenvalue weighted by atomic mass is 9.66. The van der Waals surface area contributed by atoms with E-state index in [0.29, 0.717) is 24.4 Å². The highest BCUT2D eigenvalue weighted by atomic mass is 35.5. The number of carbonyl (C=O) groups is 2. The van der Waals surface area contributed by atoms with Crippen LogP contribution in [0.3, 0.4) is 0 Å². The quantitative estimate of drug-likeness (QED) is 0.870. The Kier molecular flexibility index (Phi) is 3.29. The zero-order valence-corrected chi connectivity index (χ0v) is 13.8. The smallest absolute Gasteiger partial charge is 0.313 e. The van der Waals surface area contributed by atoms with Gasteiger partial charge in [-0.05, 0) is 37.5 Å². The van der Waals surface area contributed by atoms with Crippen LogP contribution in [0.5, 0.6) is 0 Å². The van der Waals surface area contributed by atoms with E-state index in [2.05, 4.69) is 5.32 Å². The molecule has 22 heavy (non-hydrogen) atoms. The predicted molar refractivity (Wildman–Crippen MR) is 83.2 cm³/mol. The summed E-state index contributed by atoms with van der Waals surface area (Å²) in [5, 5.41) is 3.57. The first-order chi connectivity index (χ1) is 10.2. The molecule has 5 heteroatoms. The van der Waals surface area contributed by atoms with Gasteiger partial charge in [-0.25, -0.2) is 0 Å². The molecule has 1 aliphatic carbocycles. The molecule has 0 radical (unpaired) electrons. The molecule has 2 atom stereocenters. The Morgan fingerprint density at radius 3 is 2.36 bits per heavy atom. The zero-order chi connectivity index (χ0) is 16.2. The fourth-order valence-electron chi connectivity index (χ4n) is 3.67. The Morgan fingerprint density at radius 2 is 1.86 bits per heavy atom. The monoisotopic (exact) mass is 321 g/mol. The van der Waals surface area contributed by atoms with E-state index >= 15 is 0 Å². The van der Waals surface area contributed by atoms with Gasteiger partial charge in [0.25, 0.3) is 5.91 Å². The van der Waals surface area contributed by atoms with Gasteiger partial charge in [0.2, 0.25) is 0 Å². The first-order valence-electron chi connectivity index (χ1n) is 7.49. The Bertz CT molecular complexity index is 640. The van der Waals surface area contributed by atoms with Crippen molar-refractivity contribution in [1.82, 2.24) is 5.32 Å². The van der Waals surface area contributed by atoms with Crippen LogP contribution in [0.4, 0.5) is 0 Å². The average molecular weight is 322 g/mol. The van der Waals surface area contributed by atoms with Gasteiger partial charge in [0.1, 0.15) is 0 Å². The van der Waals surface area contributed by atoms with E-state index in [4.69, 9.17) is 16.3 Å². The summed E-state index contributed by atoms with van der Waals surface area (Å²) in [6, 6.07) is 7.30. The van der Waals surface area contributed by atoms with Gasteiger partial charge in [-0.1, -0.05) is 37.6 Å². The van der Waals surface area contributed by atoms with Crippen LogP contribution in [-0.2, 0) is 20.9 Å². The average Bonchev–Trinajstić information content (AvgIpc) is 2.77. The lowest BCUT2D eigenvalue weighted by Gasteiger charge is -2.35. The highest BCUT2D eigenvalue weighted by Gasteiger charge is 2.75. The summed E-state index contributed by atoms with van der Waals surface area (Å²) in [5.41, 5.74) is -1.19. The lowest BCUT2D eigenvalue weighted by molar-refractivity contribution is -0.168. The summed E-state index contributed by atoms with van der Waals surface area (Å²) in [4.78, 5) is 24.9. The van der Waals surface area contributed by atoms with Crippen molar-refractivity contribution in [1.29, 1.82) is 0 Å². The summed E-state index contributed by atoms with van der Waals surface area (Å²) >= 11 is 5.85. The first-order valence-corrected chi connectivity index (χ1v) is 7.87. The number of rotatable bonds is 3. The number of hydrogen-bond acceptors (Lipinski definition) is 3. The maximum absolute atomic E-state index is 12.8. The van der Waals surface area contributed by atoms with Gasteiger partial charge in [0.15, 0.2) is 5.60 Å². The van der Waals surface area contributed by atoms with Crippen molar-refractivity contribution < 1.29 is 14.3 Å². The van der Waals surface area contributed by atoms with Crippen LogP contribution in [0, 0.1) is 10.8 Å². The molecule has 0 unspecified atom stereocenters. The van der Waals surface area contributed by atoms with Gasteiger partial charge in [0.05, 0.1) is 5.41 Å². The van der Waals surface area contributed by atoms with Crippen LogP contribution < -0.4 is 5.32 Å². The van der Waals surface area contributed by atoms with Gasteiger partial charge >= 0.3 is 5.97 Å². The Balaban J connectivity index is 1.78. The zero-order valence-electron chi connectivity index (χ0n) is 13.0. The molecule has 2 aliphatic rings. The molecule has 0 spiro atoms. The van der Waals surface area contributed by atoms with Gasteiger partial charge < -0.3 is 10.1 Å². The molecule has 1 saturated heterocycles. The molecule has 0 aromatic heterocycles. The largest absolute Gasteiger partial charge is 0.448 e. The van der Waals surface area contributed by atoms with Crippen LogP contribution in [0.1, 0.15) is 39.2 Å². The van der Waals surface area contributed by atoms with E-state index in [1.165, 1.54) is 0 Å². The van der Waals surface area contributed by atoms with Gasteiger partial charge in [-0.2, -0.15) is 0 Å². The predicted octanol–water partition coefficient (Wildman–Crippen LogP) is 3.08. The molecule has 3 rings (SSSR count). The van der Waals surface area contributed by atoms with Crippen molar-refractivity contribution in [2.45, 2.75) is 45.8 Å². The second-order valence-electron chi connectivity index (χ2n) is 6.98. The second-order valence-corrected chi connectivity index (χ2v) is 7.42. The molecular weight excluding hydrogens is 302 g/mol. The molecule has 2 fully saturated rings. The maximum atomic E-state index is 12.8. The normalized spacial score (nSPS) is 31.9. The molecule has 1 aliphatic heterocycles. The van der Waals surface area contributed by atoms with E-state index in [1.807, 2.05) is 32.9 Å². The summed E-state index contributed by atoms with van der Waals surface area (Å²) in [5.74, 6) is -0.465. The fraction of sp³-hybridized carbons (Fsp3) is 0.529. The molecule has 1 N–H and O–H groups in total. The van der Waals surface area contributed by atoms with Crippen molar-refractivity contribution in [2.75, 3.05) is 0 Å². The number of fused-ring (bicyclic) bond motifs is 2. The number of hydrogen-bond donors (Lipinski definition) is 1. The minimum Gasteiger partial charge on any atom is -0.448 e. The third-order valence-electron chi connectivity index (χ3n) is 5.82. The van der Waals surface area contributed by atoms with E-state index in [1.54, 1.807) is 12.1 Å². The maximum Gasteiger partial charge on any atom is 0.313 e. The summed E-state index contributed by atoms with van der Waals surface area (Å²) in [6.45, 7) is 6.19. The van der Waals surface area contributed by atoms with Gasteiger partial charge in [-0.3, -0.25) is 9.59 Å². The first kappa shape index (κ1) is 15.3. The number of benzene rings is 1. The molecule has 1 aromatic rings. The number of carbonyl (C=O) groups excluding carboxylic acids is 2. The molecule has 118 valence electrons. The summed E-state index contributed by atoms with van der Waals surface area (Å²) in [6.07, 6.45) is 1.27. The van der Waals surface area contributed by atoms with E-state index in [-0.39, 0.29) is 11.9 Å². The SMILES string of the molecule is CC1(C)[C@@]2(C)CC[C@@]1(C(=O)NCc1ccc(Cl)cc1)OC2=O. The number of ether oxygens (including phenoxy) is 1. The molecule has 1 aromatic carbocycles. The van der Waals surface area contributed by atoms with E-state index < -0.39 is 16.4 Å². The fourth-order valence-corrected chi connectivity index (χ4v) is 3.80. The second kappa shape index (κ2) is 4.72. The Hall–Kier alpha value is -1.55. The topological polar surface area (TPSA) is 55.4 Å². The van der Waals surface area contributed by atoms with Gasteiger partial charge in [0, 0.05) is 17.0 Å². The van der Waals surface area contributed by atoms with Crippen molar-refractivity contribution in [3.63, 3.8) is 0 Å². The highest BCUT2D eigenvalue weighted by molar-refractivity contribution is 6.30. The molecule has 2 bridgehead atoms. The Morgan fingerprint density at radius 1 is 1.23 bits per heavy atom. The number of halogens is 1. The molecule has 1 amide bonds. The number of esters is 1. The van der Waals surface area contributed by atoms with Crippen LogP contribution in [-0.4, -0.2) is 17.5 Å². The van der Waals surface area contributed by atoms with Crippen LogP contribution in [0.2, 0.25) is 5.02 Å². The number of amides is 1. The standard InChI is InChI=1S/C17H20ClNO3/c1-15(2)16(3)8-9-17(15,22-14(16)21)13(20)19-10-11-4-6-12(18)7-5-11/h4-7H,8-10H2,1-3H3,(H,19,20)/t16-,17-/m0/s1. The molecule has 1 saturated carbocycles. The third-order valence-corrected chi connectivity index (χ3v) is 6.07. The van der Waals surface area contributed by atoms with E-state index in [9.17, 15) is 9.59 Å². The third kappa shape index (κ3) is 1.83. The van der Waals surface area contributed by atoms with Crippen LogP contribution >= 0.6 is 11.6 Å². The van der Waals surface area contributed by atoms with Crippen molar-refractivity contribution in [2.24, 2.45) is 10.8 Å². The minimum absolute atomic E-state index is 0.206. The van der Waals surface area contributed by atoms with E-state index in [0.717, 1.165) is 5.56 Å². The summed E-state index contributed by atoms with van der Waals surface area (Å²) < 4.78 is 5.56. The summed E-state index contributed by atoms with van der Waals surface area (Å²) in [7, 11) is 0. The van der Waals surface area contributed by atoms with Crippen LogP contribution in [0.25, 0.3) is 0 Å². The van der Waals surface area contributed by atoms with Crippen molar-refractivity contribution >= 4 is 23.5 Å². The van der Waals surface area contributed by atoms with Gasteiger partial charge in [-0.15, -0.1) is 0 Å². The Labute approximate surface area is 135 Å². The van der Waals surface area contributed by atoms with Crippen LogP contribution in [0.15, 0.2) is 24.3 Å². The molecule has 4 nitrogen and oxygen atoms in total. The van der Waals surface area contributed by atoms with Crippen molar-refractivity contribution in [3.8, 4) is 0 Å². The molecular formula is C17H20ClNO3. The van der Waals surface area contributed by atoms with Crippen molar-refractivity contribution in [3.05, 3.63) is 34.9 Å².